The van der Waals surface area contributed by atoms with Crippen LogP contribution in [0, 0.1) is 0 Å². The topological polar surface area (TPSA) is 111 Å². The van der Waals surface area contributed by atoms with Crippen LogP contribution in [0.5, 0.6) is 5.75 Å². The standard InChI is InChI=1S/C15H17N3O4S2/c1-22-12-7-6-9(8-10(12)14(16)19)24(20,21)18-15-17-11-4-2-3-5-13(11)23-15/h6-8H,2-5H2,1H3,(H2,16,19)(H,17,18). The Labute approximate surface area is 143 Å². The second-order valence-corrected chi connectivity index (χ2v) is 8.19. The number of nitrogens with one attached hydrogen (secondary N) is 1. The van der Waals surface area contributed by atoms with E-state index in [1.54, 1.807) is 0 Å². The monoisotopic (exact) mass is 367 g/mol. The summed E-state index contributed by atoms with van der Waals surface area (Å²) >= 11 is 1.36. The number of ether oxygens (including phenoxy) is 1. The van der Waals surface area contributed by atoms with E-state index >= 15 is 0 Å². The van der Waals surface area contributed by atoms with E-state index in [2.05, 4.69) is 9.71 Å². The zero-order valence-corrected chi connectivity index (χ0v) is 14.7. The average Bonchev–Trinajstić information content (AvgIpc) is 2.95. The van der Waals surface area contributed by atoms with Gasteiger partial charge >= 0.3 is 0 Å². The number of nitrogens with two attached hydrogens (primary N) is 1. The van der Waals surface area contributed by atoms with Crippen LogP contribution in [0.3, 0.4) is 0 Å². The predicted molar refractivity (Wildman–Crippen MR) is 91.1 cm³/mol. The molecule has 1 aromatic carbocycles. The van der Waals surface area contributed by atoms with Gasteiger partial charge in [-0.25, -0.2) is 13.4 Å². The number of hydrogen-bond acceptors (Lipinski definition) is 6. The summed E-state index contributed by atoms with van der Waals surface area (Å²) in [4.78, 5) is 16.9. The lowest BCUT2D eigenvalue weighted by Gasteiger charge is -2.09. The quantitative estimate of drug-likeness (QED) is 0.839. The normalized spacial score (nSPS) is 14.0. The molecule has 1 aromatic heterocycles. The molecule has 7 nitrogen and oxygen atoms in total. The number of hydrogen-bond donors (Lipinski definition) is 2. The number of anilines is 1. The molecular weight excluding hydrogens is 350 g/mol. The van der Waals surface area contributed by atoms with E-state index in [1.807, 2.05) is 0 Å². The number of aromatic nitrogens is 1. The predicted octanol–water partition coefficient (Wildman–Crippen LogP) is 1.93. The fourth-order valence-electron chi connectivity index (χ4n) is 2.62. The van der Waals surface area contributed by atoms with Crippen molar-refractivity contribution in [1.82, 2.24) is 4.98 Å². The summed E-state index contributed by atoms with van der Waals surface area (Å²) in [6, 6.07) is 3.97. The molecule has 128 valence electrons. The number of rotatable bonds is 5. The van der Waals surface area contributed by atoms with Gasteiger partial charge in [0.2, 0.25) is 0 Å². The van der Waals surface area contributed by atoms with Crippen molar-refractivity contribution in [3.63, 3.8) is 0 Å². The lowest BCUT2D eigenvalue weighted by Crippen LogP contribution is -2.16. The summed E-state index contributed by atoms with van der Waals surface area (Å²) in [6.45, 7) is 0. The van der Waals surface area contributed by atoms with Crippen molar-refractivity contribution in [1.29, 1.82) is 0 Å². The van der Waals surface area contributed by atoms with E-state index in [0.717, 1.165) is 36.3 Å². The number of aryl methyl sites for hydroxylation is 2. The molecule has 1 aliphatic carbocycles. The van der Waals surface area contributed by atoms with Gasteiger partial charge in [0.15, 0.2) is 5.13 Å². The molecule has 1 amide bonds. The van der Waals surface area contributed by atoms with E-state index in [-0.39, 0.29) is 16.2 Å². The molecule has 0 saturated carbocycles. The van der Waals surface area contributed by atoms with Crippen LogP contribution in [0.4, 0.5) is 5.13 Å². The maximum absolute atomic E-state index is 12.6. The number of sulfonamides is 1. The largest absolute Gasteiger partial charge is 0.496 e. The van der Waals surface area contributed by atoms with Gasteiger partial charge in [0, 0.05) is 4.88 Å². The Balaban J connectivity index is 1.91. The number of benzene rings is 1. The molecule has 1 heterocycles. The highest BCUT2D eigenvalue weighted by atomic mass is 32.2. The molecule has 0 radical (unpaired) electrons. The first kappa shape index (κ1) is 16.7. The van der Waals surface area contributed by atoms with Crippen LogP contribution in [0.1, 0.15) is 33.8 Å². The summed E-state index contributed by atoms with van der Waals surface area (Å²) in [5.74, 6) is -0.528. The number of fused-ring (bicyclic) bond motifs is 1. The Morgan fingerprint density at radius 3 is 2.75 bits per heavy atom. The van der Waals surface area contributed by atoms with Crippen LogP contribution in [0.15, 0.2) is 23.1 Å². The molecule has 24 heavy (non-hydrogen) atoms. The van der Waals surface area contributed by atoms with Gasteiger partial charge < -0.3 is 10.5 Å². The molecule has 0 aliphatic heterocycles. The number of primary amides is 1. The summed E-state index contributed by atoms with van der Waals surface area (Å²) < 4.78 is 32.6. The molecule has 3 rings (SSSR count). The fourth-order valence-corrected chi connectivity index (χ4v) is 4.93. The van der Waals surface area contributed by atoms with Crippen molar-refractivity contribution in [2.75, 3.05) is 11.8 Å². The van der Waals surface area contributed by atoms with Crippen LogP contribution in [-0.2, 0) is 22.9 Å². The van der Waals surface area contributed by atoms with E-state index in [9.17, 15) is 13.2 Å². The molecule has 0 unspecified atom stereocenters. The summed E-state index contributed by atoms with van der Waals surface area (Å²) in [6.07, 6.45) is 3.98. The van der Waals surface area contributed by atoms with Gasteiger partial charge in [0.25, 0.3) is 15.9 Å². The number of carbonyl (C=O) groups is 1. The minimum atomic E-state index is -3.86. The molecule has 0 bridgehead atoms. The highest BCUT2D eigenvalue weighted by Gasteiger charge is 2.22. The fraction of sp³-hybridized carbons (Fsp3) is 0.333. The second-order valence-electron chi connectivity index (χ2n) is 5.43. The molecule has 3 N–H and O–H groups in total. The first-order chi connectivity index (χ1) is 11.4. The van der Waals surface area contributed by atoms with Crippen LogP contribution in [0.25, 0.3) is 0 Å². The first-order valence-electron chi connectivity index (χ1n) is 7.40. The van der Waals surface area contributed by atoms with Crippen LogP contribution >= 0.6 is 11.3 Å². The minimum Gasteiger partial charge on any atom is -0.496 e. The molecule has 1 aliphatic rings. The van der Waals surface area contributed by atoms with Crippen molar-refractivity contribution in [2.45, 2.75) is 30.6 Å². The molecule has 0 spiro atoms. The first-order valence-corrected chi connectivity index (χ1v) is 9.70. The Hall–Kier alpha value is -2.13. The number of methoxy groups -OCH3 is 1. The van der Waals surface area contributed by atoms with Crippen LogP contribution < -0.4 is 15.2 Å². The van der Waals surface area contributed by atoms with Crippen LogP contribution in [-0.4, -0.2) is 26.4 Å². The van der Waals surface area contributed by atoms with Crippen molar-refractivity contribution >= 4 is 32.4 Å². The Kier molecular flexibility index (Phi) is 4.46. The smallest absolute Gasteiger partial charge is 0.263 e. The molecular formula is C15H17N3O4S2. The zero-order chi connectivity index (χ0) is 17.3. The Morgan fingerprint density at radius 2 is 2.08 bits per heavy atom. The third-order valence-corrected chi connectivity index (χ3v) is 6.35. The molecule has 2 aromatic rings. The third-order valence-electron chi connectivity index (χ3n) is 3.81. The number of carbonyl (C=O) groups excluding carboxylic acids is 1. The maximum atomic E-state index is 12.6. The van der Waals surface area contributed by atoms with E-state index in [4.69, 9.17) is 10.5 Å². The zero-order valence-electron chi connectivity index (χ0n) is 13.0. The highest BCUT2D eigenvalue weighted by molar-refractivity contribution is 7.93. The lowest BCUT2D eigenvalue weighted by atomic mass is 10.0. The highest BCUT2D eigenvalue weighted by Crippen LogP contribution is 2.31. The van der Waals surface area contributed by atoms with E-state index in [1.165, 1.54) is 36.6 Å². The van der Waals surface area contributed by atoms with Gasteiger partial charge in [0.1, 0.15) is 5.75 Å². The van der Waals surface area contributed by atoms with Crippen molar-refractivity contribution in [2.24, 2.45) is 5.73 Å². The van der Waals surface area contributed by atoms with Crippen molar-refractivity contribution in [3.05, 3.63) is 34.3 Å². The van der Waals surface area contributed by atoms with E-state index in [0.29, 0.717) is 5.13 Å². The lowest BCUT2D eigenvalue weighted by molar-refractivity contribution is 0.0997. The molecule has 0 fully saturated rings. The van der Waals surface area contributed by atoms with Gasteiger partial charge in [0.05, 0.1) is 23.3 Å². The summed E-state index contributed by atoms with van der Waals surface area (Å²) in [7, 11) is -2.48. The molecule has 0 saturated heterocycles. The average molecular weight is 367 g/mol. The van der Waals surface area contributed by atoms with Crippen molar-refractivity contribution in [3.8, 4) is 5.75 Å². The van der Waals surface area contributed by atoms with Gasteiger partial charge in [-0.2, -0.15) is 0 Å². The maximum Gasteiger partial charge on any atom is 0.263 e. The second kappa shape index (κ2) is 6.40. The van der Waals surface area contributed by atoms with Gasteiger partial charge in [-0.05, 0) is 43.9 Å². The Morgan fingerprint density at radius 1 is 1.33 bits per heavy atom. The number of thiazole rings is 1. The molecule has 9 heteroatoms. The molecule has 0 atom stereocenters. The van der Waals surface area contributed by atoms with E-state index < -0.39 is 15.9 Å². The number of nitrogens with zero attached hydrogens (tertiary/aromatic N) is 1. The summed E-state index contributed by atoms with van der Waals surface area (Å²) in [5.41, 5.74) is 6.26. The number of amides is 1. The van der Waals surface area contributed by atoms with Gasteiger partial charge in [-0.1, -0.05) is 0 Å². The van der Waals surface area contributed by atoms with Gasteiger partial charge in [-0.3, -0.25) is 9.52 Å². The SMILES string of the molecule is COc1ccc(S(=O)(=O)Nc2nc3c(s2)CCCC3)cc1C(N)=O. The Bertz CT molecular complexity index is 867. The van der Waals surface area contributed by atoms with Crippen molar-refractivity contribution < 1.29 is 17.9 Å². The minimum absolute atomic E-state index is 0.0128. The van der Waals surface area contributed by atoms with Crippen LogP contribution in [0.2, 0.25) is 0 Å². The van der Waals surface area contributed by atoms with Gasteiger partial charge in [-0.15, -0.1) is 11.3 Å². The summed E-state index contributed by atoms with van der Waals surface area (Å²) in [5, 5.41) is 0.346. The third kappa shape index (κ3) is 3.22.